The van der Waals surface area contributed by atoms with Crippen molar-refractivity contribution in [1.29, 1.82) is 5.41 Å². The molecule has 9 heteroatoms. The van der Waals surface area contributed by atoms with Crippen LogP contribution in [0.15, 0.2) is 6.20 Å². The lowest BCUT2D eigenvalue weighted by Gasteiger charge is -2.07. The minimum absolute atomic E-state index is 0.0917. The van der Waals surface area contributed by atoms with E-state index in [4.69, 9.17) is 15.9 Å². The number of nitrogen functional groups attached to an aromatic ring is 1. The van der Waals surface area contributed by atoms with Crippen molar-refractivity contribution in [1.82, 2.24) is 10.2 Å². The van der Waals surface area contributed by atoms with Gasteiger partial charge in [-0.3, -0.25) is 15.2 Å². The average molecular weight is 261 g/mol. The van der Waals surface area contributed by atoms with Crippen LogP contribution in [0.5, 0.6) is 0 Å². The SMILES string of the molecule is CCOCCS(=O)(=O)Nc1[nH]ncc1C(=N)N. The zero-order chi connectivity index (χ0) is 12.9. The molecule has 0 aliphatic heterocycles. The molecule has 0 bridgehead atoms. The topological polar surface area (TPSA) is 134 Å². The largest absolute Gasteiger partial charge is 0.384 e. The van der Waals surface area contributed by atoms with Crippen molar-refractivity contribution in [2.24, 2.45) is 5.73 Å². The van der Waals surface area contributed by atoms with Crippen molar-refractivity contribution in [2.45, 2.75) is 6.92 Å². The second kappa shape index (κ2) is 5.64. The third-order valence-corrected chi connectivity index (χ3v) is 3.11. The minimum Gasteiger partial charge on any atom is -0.384 e. The number of aromatic amines is 1. The van der Waals surface area contributed by atoms with E-state index in [1.54, 1.807) is 6.92 Å². The number of sulfonamides is 1. The maximum Gasteiger partial charge on any atom is 0.236 e. The maximum atomic E-state index is 11.6. The van der Waals surface area contributed by atoms with Crippen molar-refractivity contribution in [3.63, 3.8) is 0 Å². The second-order valence-electron chi connectivity index (χ2n) is 3.19. The number of rotatable bonds is 7. The van der Waals surface area contributed by atoms with Gasteiger partial charge in [-0.25, -0.2) is 8.42 Å². The second-order valence-corrected chi connectivity index (χ2v) is 5.03. The predicted molar refractivity (Wildman–Crippen MR) is 63.5 cm³/mol. The molecule has 1 rings (SSSR count). The average Bonchev–Trinajstić information content (AvgIpc) is 2.65. The monoisotopic (exact) mass is 261 g/mol. The normalized spacial score (nSPS) is 11.4. The molecule has 1 aromatic heterocycles. The highest BCUT2D eigenvalue weighted by Crippen LogP contribution is 2.11. The van der Waals surface area contributed by atoms with E-state index in [2.05, 4.69) is 14.9 Å². The summed E-state index contributed by atoms with van der Waals surface area (Å²) < 4.78 is 30.4. The number of hydrogen-bond donors (Lipinski definition) is 4. The fourth-order valence-corrected chi connectivity index (χ4v) is 1.99. The summed E-state index contributed by atoms with van der Waals surface area (Å²) in [5, 5.41) is 13.3. The molecule has 0 aromatic carbocycles. The number of hydrogen-bond acceptors (Lipinski definition) is 5. The Morgan fingerprint density at radius 3 is 3.00 bits per heavy atom. The number of H-pyrrole nitrogens is 1. The first-order chi connectivity index (χ1) is 7.96. The standard InChI is InChI=1S/C8H15N5O3S/c1-2-16-3-4-17(14,15)13-8-6(7(9)10)5-11-12-8/h5H,2-4H2,1H3,(H3,9,10)(H2,11,12,13). The molecule has 0 atom stereocenters. The molecule has 0 aliphatic rings. The molecular formula is C8H15N5O3S. The Morgan fingerprint density at radius 2 is 2.41 bits per heavy atom. The Morgan fingerprint density at radius 1 is 1.71 bits per heavy atom. The number of nitrogens with two attached hydrogens (primary N) is 1. The molecule has 0 unspecified atom stereocenters. The van der Waals surface area contributed by atoms with Gasteiger partial charge < -0.3 is 10.5 Å². The van der Waals surface area contributed by atoms with Gasteiger partial charge in [0, 0.05) is 6.61 Å². The number of ether oxygens (including phenoxy) is 1. The first-order valence-electron chi connectivity index (χ1n) is 4.92. The summed E-state index contributed by atoms with van der Waals surface area (Å²) >= 11 is 0. The summed E-state index contributed by atoms with van der Waals surface area (Å²) in [6.07, 6.45) is 1.28. The van der Waals surface area contributed by atoms with Crippen molar-refractivity contribution in [2.75, 3.05) is 23.7 Å². The summed E-state index contributed by atoms with van der Waals surface area (Å²) in [4.78, 5) is 0. The summed E-state index contributed by atoms with van der Waals surface area (Å²) in [6, 6.07) is 0. The van der Waals surface area contributed by atoms with Gasteiger partial charge in [0.2, 0.25) is 10.0 Å². The van der Waals surface area contributed by atoms with Gasteiger partial charge in [0.15, 0.2) is 0 Å². The minimum atomic E-state index is -3.53. The molecule has 1 heterocycles. The Kier molecular flexibility index (Phi) is 4.46. The smallest absolute Gasteiger partial charge is 0.236 e. The van der Waals surface area contributed by atoms with Crippen molar-refractivity contribution in [3.05, 3.63) is 11.8 Å². The lowest BCUT2D eigenvalue weighted by molar-refractivity contribution is 0.163. The molecule has 0 saturated heterocycles. The fraction of sp³-hybridized carbons (Fsp3) is 0.500. The van der Waals surface area contributed by atoms with E-state index in [9.17, 15) is 8.42 Å². The van der Waals surface area contributed by atoms with Gasteiger partial charge in [0.25, 0.3) is 0 Å². The van der Waals surface area contributed by atoms with E-state index in [1.165, 1.54) is 6.20 Å². The number of amidine groups is 1. The van der Waals surface area contributed by atoms with Crippen LogP contribution in [0.1, 0.15) is 12.5 Å². The molecule has 0 saturated carbocycles. The molecule has 0 fully saturated rings. The van der Waals surface area contributed by atoms with Crippen LogP contribution in [0.2, 0.25) is 0 Å². The fourth-order valence-electron chi connectivity index (χ4n) is 1.09. The number of nitrogens with zero attached hydrogens (tertiary/aromatic N) is 1. The highest BCUT2D eigenvalue weighted by molar-refractivity contribution is 7.92. The third-order valence-electron chi connectivity index (χ3n) is 1.89. The predicted octanol–water partition coefficient (Wildman–Crippen LogP) is -0.528. The van der Waals surface area contributed by atoms with Crippen molar-refractivity contribution < 1.29 is 13.2 Å². The van der Waals surface area contributed by atoms with E-state index in [1.807, 2.05) is 0 Å². The molecule has 5 N–H and O–H groups in total. The Labute approximate surface area is 99.1 Å². The van der Waals surface area contributed by atoms with Crippen molar-refractivity contribution >= 4 is 21.7 Å². The van der Waals surface area contributed by atoms with E-state index < -0.39 is 10.0 Å². The first-order valence-corrected chi connectivity index (χ1v) is 6.57. The lowest BCUT2D eigenvalue weighted by atomic mass is 10.3. The Balaban J connectivity index is 2.69. The number of anilines is 1. The third kappa shape index (κ3) is 4.04. The van der Waals surface area contributed by atoms with Crippen LogP contribution in [0.25, 0.3) is 0 Å². The van der Waals surface area contributed by atoms with Crippen LogP contribution < -0.4 is 10.5 Å². The lowest BCUT2D eigenvalue weighted by Crippen LogP contribution is -2.22. The first kappa shape index (κ1) is 13.5. The molecular weight excluding hydrogens is 246 g/mol. The van der Waals surface area contributed by atoms with Crippen LogP contribution in [-0.4, -0.2) is 43.4 Å². The summed E-state index contributed by atoms with van der Waals surface area (Å²) in [7, 11) is -3.53. The van der Waals surface area contributed by atoms with Gasteiger partial charge in [-0.2, -0.15) is 5.10 Å². The van der Waals surface area contributed by atoms with Crippen molar-refractivity contribution in [3.8, 4) is 0 Å². The van der Waals surface area contributed by atoms with Crippen LogP contribution in [0.4, 0.5) is 5.82 Å². The highest BCUT2D eigenvalue weighted by Gasteiger charge is 2.15. The van der Waals surface area contributed by atoms with E-state index in [-0.39, 0.29) is 29.6 Å². The van der Waals surface area contributed by atoms with Gasteiger partial charge in [-0.1, -0.05) is 0 Å². The molecule has 0 spiro atoms. The Bertz CT molecular complexity index is 481. The van der Waals surface area contributed by atoms with Crippen LogP contribution in [0, 0.1) is 5.41 Å². The van der Waals surface area contributed by atoms with Gasteiger partial charge in [0.1, 0.15) is 11.7 Å². The summed E-state index contributed by atoms with van der Waals surface area (Å²) in [5.41, 5.74) is 5.48. The van der Waals surface area contributed by atoms with Gasteiger partial charge in [-0.05, 0) is 6.92 Å². The molecule has 0 amide bonds. The molecule has 0 radical (unpaired) electrons. The summed E-state index contributed by atoms with van der Waals surface area (Å²) in [5.74, 6) is -0.340. The molecule has 0 aliphatic carbocycles. The summed E-state index contributed by atoms with van der Waals surface area (Å²) in [6.45, 7) is 2.34. The zero-order valence-corrected chi connectivity index (χ0v) is 10.2. The number of nitrogens with one attached hydrogen (secondary N) is 3. The van der Waals surface area contributed by atoms with Crippen LogP contribution in [-0.2, 0) is 14.8 Å². The molecule has 17 heavy (non-hydrogen) atoms. The van der Waals surface area contributed by atoms with Gasteiger partial charge >= 0.3 is 0 Å². The van der Waals surface area contributed by atoms with E-state index in [0.29, 0.717) is 6.61 Å². The van der Waals surface area contributed by atoms with Crippen LogP contribution >= 0.6 is 0 Å². The molecule has 96 valence electrons. The number of aromatic nitrogens is 2. The molecule has 1 aromatic rings. The van der Waals surface area contributed by atoms with E-state index in [0.717, 1.165) is 0 Å². The quantitative estimate of drug-likeness (QED) is 0.297. The van der Waals surface area contributed by atoms with Gasteiger partial charge in [-0.15, -0.1) is 0 Å². The van der Waals surface area contributed by atoms with Crippen LogP contribution in [0.3, 0.4) is 0 Å². The maximum absolute atomic E-state index is 11.6. The van der Waals surface area contributed by atoms with Gasteiger partial charge in [0.05, 0.1) is 24.1 Å². The molecule has 8 nitrogen and oxygen atoms in total. The highest BCUT2D eigenvalue weighted by atomic mass is 32.2. The van der Waals surface area contributed by atoms with E-state index >= 15 is 0 Å². The zero-order valence-electron chi connectivity index (χ0n) is 9.36. The Hall–Kier alpha value is -1.61.